The van der Waals surface area contributed by atoms with E-state index >= 15 is 0 Å². The molecule has 1 saturated carbocycles. The van der Waals surface area contributed by atoms with E-state index in [4.69, 9.17) is 11.8 Å². The monoisotopic (exact) mass is 293 g/mol. The van der Waals surface area contributed by atoms with Crippen molar-refractivity contribution >= 4 is 34.9 Å². The van der Waals surface area contributed by atoms with Gasteiger partial charge in [-0.25, -0.2) is 4.42 Å². The summed E-state index contributed by atoms with van der Waals surface area (Å²) in [7, 11) is 0. The molecule has 19 heavy (non-hydrogen) atoms. The summed E-state index contributed by atoms with van der Waals surface area (Å²) in [5.41, 5.74) is 2.58. The summed E-state index contributed by atoms with van der Waals surface area (Å²) in [4.78, 5) is 12.9. The van der Waals surface area contributed by atoms with Gasteiger partial charge in [-0.2, -0.15) is 0 Å². The van der Waals surface area contributed by atoms with Gasteiger partial charge in [0.05, 0.1) is 11.4 Å². The van der Waals surface area contributed by atoms with Crippen molar-refractivity contribution in [2.24, 2.45) is 0 Å². The SMILES string of the molecule is Cc1ccc(N(Cl)C(=O)c2snnc2C2CC2)cc1. The Bertz CT molecular complexity index is 607. The van der Waals surface area contributed by atoms with Crippen molar-refractivity contribution in [2.45, 2.75) is 25.7 Å². The number of aromatic nitrogens is 2. The molecule has 1 amide bonds. The summed E-state index contributed by atoms with van der Waals surface area (Å²) in [6, 6.07) is 7.49. The van der Waals surface area contributed by atoms with E-state index < -0.39 is 0 Å². The third-order valence-electron chi connectivity index (χ3n) is 3.11. The van der Waals surface area contributed by atoms with E-state index in [0.29, 0.717) is 16.5 Å². The zero-order valence-electron chi connectivity index (χ0n) is 10.3. The van der Waals surface area contributed by atoms with Gasteiger partial charge in [-0.05, 0) is 43.4 Å². The number of hydrogen-bond donors (Lipinski definition) is 0. The van der Waals surface area contributed by atoms with Crippen molar-refractivity contribution in [3.63, 3.8) is 0 Å². The minimum absolute atomic E-state index is 0.248. The molecular weight excluding hydrogens is 282 g/mol. The van der Waals surface area contributed by atoms with E-state index in [2.05, 4.69) is 9.59 Å². The lowest BCUT2D eigenvalue weighted by molar-refractivity contribution is 0.101. The first kappa shape index (κ1) is 12.6. The highest BCUT2D eigenvalue weighted by atomic mass is 35.5. The molecule has 1 aromatic carbocycles. The van der Waals surface area contributed by atoms with Crippen LogP contribution in [0.25, 0.3) is 0 Å². The predicted molar refractivity (Wildman–Crippen MR) is 75.7 cm³/mol. The molecule has 3 rings (SSSR count). The van der Waals surface area contributed by atoms with Crippen LogP contribution in [0.1, 0.15) is 39.7 Å². The van der Waals surface area contributed by atoms with Gasteiger partial charge in [0.15, 0.2) is 0 Å². The van der Waals surface area contributed by atoms with Gasteiger partial charge in [0, 0.05) is 17.7 Å². The number of rotatable bonds is 3. The zero-order chi connectivity index (χ0) is 13.4. The molecule has 1 aliphatic carbocycles. The summed E-state index contributed by atoms with van der Waals surface area (Å²) in [6.45, 7) is 1.99. The van der Waals surface area contributed by atoms with Gasteiger partial charge in [-0.15, -0.1) is 5.10 Å². The second kappa shape index (κ2) is 4.90. The van der Waals surface area contributed by atoms with Crippen LogP contribution in [0.15, 0.2) is 24.3 Å². The molecule has 0 radical (unpaired) electrons. The van der Waals surface area contributed by atoms with Gasteiger partial charge in [-0.1, -0.05) is 22.2 Å². The Balaban J connectivity index is 1.86. The lowest BCUT2D eigenvalue weighted by Crippen LogP contribution is -2.20. The quantitative estimate of drug-likeness (QED) is 0.813. The molecule has 4 nitrogen and oxygen atoms in total. The van der Waals surface area contributed by atoms with Crippen LogP contribution in [0.4, 0.5) is 5.69 Å². The maximum Gasteiger partial charge on any atom is 0.286 e. The highest BCUT2D eigenvalue weighted by Gasteiger charge is 2.33. The summed E-state index contributed by atoms with van der Waals surface area (Å²) in [6.07, 6.45) is 2.16. The molecular formula is C13H12ClN3OS. The third-order valence-corrected chi connectivity index (χ3v) is 4.19. The largest absolute Gasteiger partial charge is 0.286 e. The zero-order valence-corrected chi connectivity index (χ0v) is 11.9. The number of benzene rings is 1. The second-order valence-corrected chi connectivity index (χ2v) is 5.78. The maximum absolute atomic E-state index is 12.4. The topological polar surface area (TPSA) is 46.1 Å². The van der Waals surface area contributed by atoms with E-state index in [1.54, 1.807) is 0 Å². The number of carbonyl (C=O) groups is 1. The molecule has 1 fully saturated rings. The van der Waals surface area contributed by atoms with Gasteiger partial charge < -0.3 is 0 Å². The lowest BCUT2D eigenvalue weighted by atomic mass is 10.2. The first-order valence-corrected chi connectivity index (χ1v) is 7.17. The van der Waals surface area contributed by atoms with Crippen LogP contribution < -0.4 is 4.42 Å². The molecule has 0 saturated heterocycles. The van der Waals surface area contributed by atoms with Gasteiger partial charge in [0.2, 0.25) is 0 Å². The van der Waals surface area contributed by atoms with Gasteiger partial charge in [0.25, 0.3) is 5.91 Å². The average molecular weight is 294 g/mol. The van der Waals surface area contributed by atoms with Crippen molar-refractivity contribution in [3.8, 4) is 0 Å². The average Bonchev–Trinajstić information content (AvgIpc) is 3.15. The fourth-order valence-electron chi connectivity index (χ4n) is 1.85. The molecule has 6 heteroatoms. The molecule has 0 aliphatic heterocycles. The number of nitrogens with zero attached hydrogens (tertiary/aromatic N) is 3. The first-order chi connectivity index (χ1) is 9.16. The van der Waals surface area contributed by atoms with Crippen LogP contribution in [0.5, 0.6) is 0 Å². The Hall–Kier alpha value is -1.46. The molecule has 98 valence electrons. The van der Waals surface area contributed by atoms with E-state index in [1.165, 1.54) is 0 Å². The van der Waals surface area contributed by atoms with E-state index in [-0.39, 0.29) is 5.91 Å². The molecule has 1 aliphatic rings. The molecule has 0 atom stereocenters. The number of hydrogen-bond acceptors (Lipinski definition) is 4. The number of aryl methyl sites for hydroxylation is 1. The molecule has 0 bridgehead atoms. The van der Waals surface area contributed by atoms with Crippen molar-refractivity contribution in [2.75, 3.05) is 4.42 Å². The predicted octanol–water partition coefficient (Wildman–Crippen LogP) is 3.52. The smallest absolute Gasteiger partial charge is 0.266 e. The molecule has 1 aromatic heterocycles. The minimum atomic E-state index is -0.248. The van der Waals surface area contributed by atoms with Crippen molar-refractivity contribution in [1.82, 2.24) is 9.59 Å². The fraction of sp³-hybridized carbons (Fsp3) is 0.308. The fourth-order valence-corrected chi connectivity index (χ4v) is 2.78. The number of carbonyl (C=O) groups excluding carboxylic acids is 1. The first-order valence-electron chi connectivity index (χ1n) is 6.06. The van der Waals surface area contributed by atoms with Crippen molar-refractivity contribution in [3.05, 3.63) is 40.4 Å². The highest BCUT2D eigenvalue weighted by molar-refractivity contribution is 7.08. The summed E-state index contributed by atoms with van der Waals surface area (Å²) >= 11 is 7.25. The Morgan fingerprint density at radius 1 is 1.37 bits per heavy atom. The van der Waals surface area contributed by atoms with Crippen molar-refractivity contribution in [1.29, 1.82) is 0 Å². The van der Waals surface area contributed by atoms with E-state index in [1.807, 2.05) is 31.2 Å². The molecule has 1 heterocycles. The highest BCUT2D eigenvalue weighted by Crippen LogP contribution is 2.41. The number of halogens is 1. The van der Waals surface area contributed by atoms with Crippen LogP contribution in [0.3, 0.4) is 0 Å². The van der Waals surface area contributed by atoms with Crippen LogP contribution in [0, 0.1) is 6.92 Å². The second-order valence-electron chi connectivity index (χ2n) is 4.68. The van der Waals surface area contributed by atoms with Gasteiger partial charge in [-0.3, -0.25) is 4.79 Å². The minimum Gasteiger partial charge on any atom is -0.266 e. The summed E-state index contributed by atoms with van der Waals surface area (Å²) in [5.74, 6) is 0.142. The van der Waals surface area contributed by atoms with Crippen molar-refractivity contribution < 1.29 is 4.79 Å². The maximum atomic E-state index is 12.4. The Morgan fingerprint density at radius 3 is 2.68 bits per heavy atom. The molecule has 0 N–H and O–H groups in total. The van der Waals surface area contributed by atoms with Crippen LogP contribution in [-0.2, 0) is 0 Å². The lowest BCUT2D eigenvalue weighted by Gasteiger charge is -2.13. The Morgan fingerprint density at radius 2 is 2.05 bits per heavy atom. The van der Waals surface area contributed by atoms with E-state index in [9.17, 15) is 4.79 Å². The van der Waals surface area contributed by atoms with Gasteiger partial charge in [0.1, 0.15) is 4.88 Å². The molecule has 0 spiro atoms. The molecule has 2 aromatic rings. The van der Waals surface area contributed by atoms with E-state index in [0.717, 1.165) is 40.1 Å². The van der Waals surface area contributed by atoms with Gasteiger partial charge >= 0.3 is 0 Å². The third kappa shape index (κ3) is 2.48. The summed E-state index contributed by atoms with van der Waals surface area (Å²) in [5, 5.41) is 4.05. The number of amides is 1. The standard InChI is InChI=1S/C13H12ClN3OS/c1-8-2-6-10(7-3-8)17(14)13(18)12-11(9-4-5-9)15-16-19-12/h2-3,6-7,9H,4-5H2,1H3. The Kier molecular flexibility index (Phi) is 3.24. The van der Waals surface area contributed by atoms with Crippen LogP contribution >= 0.6 is 23.3 Å². The molecule has 0 unspecified atom stereocenters. The van der Waals surface area contributed by atoms with Crippen LogP contribution in [-0.4, -0.2) is 15.5 Å². The normalized spacial score (nSPS) is 14.4. The van der Waals surface area contributed by atoms with Crippen LogP contribution in [0.2, 0.25) is 0 Å². The summed E-state index contributed by atoms with van der Waals surface area (Å²) < 4.78 is 5.02. The Labute approximate surface area is 120 Å². The number of anilines is 1.